The lowest BCUT2D eigenvalue weighted by molar-refractivity contribution is -0.131. The van der Waals surface area contributed by atoms with Crippen LogP contribution in [0.15, 0.2) is 23.3 Å². The summed E-state index contributed by atoms with van der Waals surface area (Å²) in [6.45, 7) is 12.9. The highest BCUT2D eigenvalue weighted by molar-refractivity contribution is 5.86. The third-order valence-electron chi connectivity index (χ3n) is 3.75. The molecule has 0 bridgehead atoms. The Morgan fingerprint density at radius 1 is 1.27 bits per heavy atom. The Morgan fingerprint density at radius 2 is 1.96 bits per heavy atom. The molecule has 0 fully saturated rings. The van der Waals surface area contributed by atoms with Gasteiger partial charge < -0.3 is 19.9 Å². The number of guanidine groups is 1. The molecule has 1 heterocycles. The molecular weight excluding hydrogens is 330 g/mol. The van der Waals surface area contributed by atoms with Crippen molar-refractivity contribution in [2.24, 2.45) is 4.99 Å². The molecule has 0 saturated heterocycles. The first kappa shape index (κ1) is 21.7. The fourth-order valence-electron chi connectivity index (χ4n) is 2.41. The number of hydrogen-bond donors (Lipinski definition) is 1. The molecule has 0 aliphatic carbocycles. The quantitative estimate of drug-likeness (QED) is 0.538. The highest BCUT2D eigenvalue weighted by Crippen LogP contribution is 2.10. The van der Waals surface area contributed by atoms with Gasteiger partial charge in [-0.25, -0.2) is 9.98 Å². The SMILES string of the molecule is CCNC(=NCc1ccc(OC(C)C)nc1)N(C)CC(=O)N(CC)CC. The summed E-state index contributed by atoms with van der Waals surface area (Å²) in [5.74, 6) is 1.41. The van der Waals surface area contributed by atoms with Gasteiger partial charge in [0.1, 0.15) is 0 Å². The average molecular weight is 364 g/mol. The number of aromatic nitrogens is 1. The van der Waals surface area contributed by atoms with Crippen LogP contribution >= 0.6 is 0 Å². The Morgan fingerprint density at radius 3 is 2.46 bits per heavy atom. The van der Waals surface area contributed by atoms with Crippen molar-refractivity contribution < 1.29 is 9.53 Å². The first-order valence-corrected chi connectivity index (χ1v) is 9.29. The number of carbonyl (C=O) groups excluding carboxylic acids is 1. The molecule has 0 saturated carbocycles. The third-order valence-corrected chi connectivity index (χ3v) is 3.75. The largest absolute Gasteiger partial charge is 0.475 e. The predicted octanol–water partition coefficient (Wildman–Crippen LogP) is 2.13. The fraction of sp³-hybridized carbons (Fsp3) is 0.632. The van der Waals surface area contributed by atoms with Crippen LogP contribution in [0.4, 0.5) is 0 Å². The Labute approximate surface area is 157 Å². The summed E-state index contributed by atoms with van der Waals surface area (Å²) in [4.78, 5) is 24.9. The van der Waals surface area contributed by atoms with E-state index in [-0.39, 0.29) is 12.0 Å². The van der Waals surface area contributed by atoms with Gasteiger partial charge in [-0.3, -0.25) is 4.79 Å². The van der Waals surface area contributed by atoms with E-state index in [9.17, 15) is 4.79 Å². The number of nitrogens with zero attached hydrogens (tertiary/aromatic N) is 4. The summed E-state index contributed by atoms with van der Waals surface area (Å²) in [5, 5.41) is 3.23. The minimum absolute atomic E-state index is 0.0972. The zero-order valence-electron chi connectivity index (χ0n) is 17.0. The number of hydrogen-bond acceptors (Lipinski definition) is 4. The fourth-order valence-corrected chi connectivity index (χ4v) is 2.41. The second-order valence-electron chi connectivity index (χ2n) is 6.26. The van der Waals surface area contributed by atoms with Crippen molar-refractivity contribution in [3.63, 3.8) is 0 Å². The van der Waals surface area contributed by atoms with Crippen LogP contribution in [-0.4, -0.2) is 66.0 Å². The Bertz CT molecular complexity index is 568. The zero-order valence-corrected chi connectivity index (χ0v) is 17.0. The maximum atomic E-state index is 12.3. The first-order valence-electron chi connectivity index (χ1n) is 9.29. The van der Waals surface area contributed by atoms with Crippen LogP contribution in [0.3, 0.4) is 0 Å². The van der Waals surface area contributed by atoms with Gasteiger partial charge in [-0.2, -0.15) is 0 Å². The summed E-state index contributed by atoms with van der Waals surface area (Å²) < 4.78 is 5.55. The summed E-state index contributed by atoms with van der Waals surface area (Å²) in [7, 11) is 1.88. The maximum absolute atomic E-state index is 12.3. The lowest BCUT2D eigenvalue weighted by Gasteiger charge is -2.25. The van der Waals surface area contributed by atoms with Gasteiger partial charge in [0.2, 0.25) is 11.8 Å². The van der Waals surface area contributed by atoms with E-state index in [1.54, 1.807) is 6.20 Å². The number of aliphatic imine (C=N–C) groups is 1. The molecular formula is C19H33N5O2. The highest BCUT2D eigenvalue weighted by Gasteiger charge is 2.15. The van der Waals surface area contributed by atoms with Gasteiger partial charge in [-0.15, -0.1) is 0 Å². The third kappa shape index (κ3) is 7.29. The monoisotopic (exact) mass is 363 g/mol. The molecule has 0 unspecified atom stereocenters. The van der Waals surface area contributed by atoms with Crippen molar-refractivity contribution in [1.82, 2.24) is 20.1 Å². The van der Waals surface area contributed by atoms with Crippen LogP contribution in [0, 0.1) is 0 Å². The predicted molar refractivity (Wildman–Crippen MR) is 105 cm³/mol. The Balaban J connectivity index is 2.74. The van der Waals surface area contributed by atoms with E-state index < -0.39 is 0 Å². The van der Waals surface area contributed by atoms with Crippen molar-refractivity contribution in [2.75, 3.05) is 33.2 Å². The van der Waals surface area contributed by atoms with Crippen LogP contribution in [0.2, 0.25) is 0 Å². The lowest BCUT2D eigenvalue weighted by atomic mass is 10.3. The standard InChI is InChI=1S/C19H33N5O2/c1-7-20-19(23(6)14-18(25)24(8-2)9-3)22-13-16-10-11-17(21-12-16)26-15(4)5/h10-12,15H,7-9,13-14H2,1-6H3,(H,20,22). The molecule has 0 radical (unpaired) electrons. The number of rotatable bonds is 9. The van der Waals surface area contributed by atoms with Crippen molar-refractivity contribution in [3.8, 4) is 5.88 Å². The molecule has 0 spiro atoms. The van der Waals surface area contributed by atoms with Gasteiger partial charge in [0.05, 0.1) is 19.2 Å². The Kier molecular flexibility index (Phi) is 9.47. The van der Waals surface area contributed by atoms with Crippen molar-refractivity contribution in [2.45, 2.75) is 47.3 Å². The van der Waals surface area contributed by atoms with Crippen LogP contribution in [-0.2, 0) is 11.3 Å². The van der Waals surface area contributed by atoms with E-state index in [1.807, 2.05) is 63.6 Å². The lowest BCUT2D eigenvalue weighted by Crippen LogP contribution is -2.45. The number of pyridine rings is 1. The molecule has 146 valence electrons. The molecule has 7 heteroatoms. The molecule has 0 aromatic carbocycles. The number of amides is 1. The molecule has 1 aromatic rings. The zero-order chi connectivity index (χ0) is 19.5. The number of carbonyl (C=O) groups is 1. The van der Waals surface area contributed by atoms with Gasteiger partial charge in [-0.05, 0) is 40.2 Å². The first-order chi connectivity index (χ1) is 12.4. The molecule has 1 N–H and O–H groups in total. The van der Waals surface area contributed by atoms with Gasteiger partial charge in [0.15, 0.2) is 5.96 Å². The number of ether oxygens (including phenoxy) is 1. The molecule has 26 heavy (non-hydrogen) atoms. The van der Waals surface area contributed by atoms with E-state index in [2.05, 4.69) is 15.3 Å². The summed E-state index contributed by atoms with van der Waals surface area (Å²) in [6.07, 6.45) is 1.87. The van der Waals surface area contributed by atoms with Crippen LogP contribution < -0.4 is 10.1 Å². The van der Waals surface area contributed by atoms with E-state index in [0.717, 1.165) is 12.1 Å². The molecule has 0 aliphatic rings. The number of nitrogens with one attached hydrogen (secondary N) is 1. The van der Waals surface area contributed by atoms with E-state index >= 15 is 0 Å². The van der Waals surface area contributed by atoms with E-state index in [4.69, 9.17) is 4.74 Å². The van der Waals surface area contributed by atoms with Crippen molar-refractivity contribution >= 4 is 11.9 Å². The normalized spacial score (nSPS) is 11.4. The highest BCUT2D eigenvalue weighted by atomic mass is 16.5. The van der Waals surface area contributed by atoms with Crippen LogP contribution in [0.1, 0.15) is 40.2 Å². The molecule has 1 aromatic heterocycles. The second kappa shape index (κ2) is 11.3. The summed E-state index contributed by atoms with van der Waals surface area (Å²) in [6, 6.07) is 3.81. The van der Waals surface area contributed by atoms with Crippen molar-refractivity contribution in [3.05, 3.63) is 23.9 Å². The molecule has 7 nitrogen and oxygen atoms in total. The molecule has 1 amide bonds. The van der Waals surface area contributed by atoms with E-state index in [0.29, 0.717) is 38.0 Å². The van der Waals surface area contributed by atoms with Gasteiger partial charge in [0, 0.05) is 38.9 Å². The molecule has 0 atom stereocenters. The minimum Gasteiger partial charge on any atom is -0.475 e. The minimum atomic E-state index is 0.0972. The van der Waals surface area contributed by atoms with E-state index in [1.165, 1.54) is 0 Å². The topological polar surface area (TPSA) is 70.1 Å². The average Bonchev–Trinajstić information content (AvgIpc) is 2.60. The van der Waals surface area contributed by atoms with Gasteiger partial charge in [0.25, 0.3) is 0 Å². The summed E-state index contributed by atoms with van der Waals surface area (Å²) >= 11 is 0. The smallest absolute Gasteiger partial charge is 0.242 e. The maximum Gasteiger partial charge on any atom is 0.242 e. The summed E-state index contributed by atoms with van der Waals surface area (Å²) in [5.41, 5.74) is 0.986. The van der Waals surface area contributed by atoms with Crippen LogP contribution in [0.25, 0.3) is 0 Å². The molecule has 1 rings (SSSR count). The number of likely N-dealkylation sites (N-methyl/N-ethyl adjacent to an activating group) is 2. The Hall–Kier alpha value is -2.31. The molecule has 0 aliphatic heterocycles. The van der Waals surface area contributed by atoms with Gasteiger partial charge in [-0.1, -0.05) is 6.07 Å². The van der Waals surface area contributed by atoms with Crippen molar-refractivity contribution in [1.29, 1.82) is 0 Å². The van der Waals surface area contributed by atoms with Gasteiger partial charge >= 0.3 is 0 Å². The van der Waals surface area contributed by atoms with Crippen LogP contribution in [0.5, 0.6) is 5.88 Å². The second-order valence-corrected chi connectivity index (χ2v) is 6.26.